The Bertz CT molecular complexity index is 246. The first kappa shape index (κ1) is 12.5. The van der Waals surface area contributed by atoms with Crippen LogP contribution in [0.25, 0.3) is 0 Å². The summed E-state index contributed by atoms with van der Waals surface area (Å²) in [6.07, 6.45) is -5.31. The predicted molar refractivity (Wildman–Crippen MR) is 41.5 cm³/mol. The molecule has 0 spiro atoms. The summed E-state index contributed by atoms with van der Waals surface area (Å²) in [4.78, 5) is 31.0. The molecule has 80 valence electrons. The SMILES string of the molecule is O=C(O)CCC(=O)C(O)C(O)C(=O)O. The number of aliphatic hydroxyl groups excluding tert-OH is 2. The molecule has 2 unspecified atom stereocenters. The quantitative estimate of drug-likeness (QED) is 0.404. The number of hydrogen-bond acceptors (Lipinski definition) is 5. The average Bonchev–Trinajstić information content (AvgIpc) is 2.11. The van der Waals surface area contributed by atoms with Crippen LogP contribution in [0, 0.1) is 0 Å². The van der Waals surface area contributed by atoms with Crippen LogP contribution in [0.4, 0.5) is 0 Å². The van der Waals surface area contributed by atoms with E-state index in [0.717, 1.165) is 0 Å². The van der Waals surface area contributed by atoms with Crippen molar-refractivity contribution in [2.75, 3.05) is 0 Å². The number of carboxylic acids is 2. The molecule has 0 aliphatic heterocycles. The molecule has 0 aliphatic rings. The van der Waals surface area contributed by atoms with E-state index in [9.17, 15) is 14.4 Å². The zero-order chi connectivity index (χ0) is 11.3. The van der Waals surface area contributed by atoms with Gasteiger partial charge >= 0.3 is 11.9 Å². The van der Waals surface area contributed by atoms with Crippen LogP contribution in [0.3, 0.4) is 0 Å². The average molecular weight is 206 g/mol. The maximum Gasteiger partial charge on any atom is 0.335 e. The van der Waals surface area contributed by atoms with Crippen molar-refractivity contribution in [2.45, 2.75) is 25.0 Å². The normalized spacial score (nSPS) is 14.4. The molecular weight excluding hydrogens is 196 g/mol. The summed E-state index contributed by atoms with van der Waals surface area (Å²) in [5.74, 6) is -3.99. The summed E-state index contributed by atoms with van der Waals surface area (Å²) in [5, 5.41) is 34.0. The summed E-state index contributed by atoms with van der Waals surface area (Å²) < 4.78 is 0. The van der Waals surface area contributed by atoms with Crippen molar-refractivity contribution in [2.24, 2.45) is 0 Å². The highest BCUT2D eigenvalue weighted by atomic mass is 16.4. The molecule has 0 bridgehead atoms. The number of aliphatic hydroxyl groups is 2. The van der Waals surface area contributed by atoms with Crippen LogP contribution >= 0.6 is 0 Å². The first-order valence-corrected chi connectivity index (χ1v) is 3.69. The minimum Gasteiger partial charge on any atom is -0.481 e. The molecule has 4 N–H and O–H groups in total. The lowest BCUT2D eigenvalue weighted by atomic mass is 10.1. The molecule has 0 amide bonds. The summed E-state index contributed by atoms with van der Waals surface area (Å²) in [6.45, 7) is 0. The highest BCUT2D eigenvalue weighted by Gasteiger charge is 2.29. The fourth-order valence-corrected chi connectivity index (χ4v) is 0.689. The van der Waals surface area contributed by atoms with Gasteiger partial charge in [-0.25, -0.2) is 4.79 Å². The second-order valence-corrected chi connectivity index (χ2v) is 2.59. The Labute approximate surface area is 78.6 Å². The van der Waals surface area contributed by atoms with E-state index in [0.29, 0.717) is 0 Å². The highest BCUT2D eigenvalue weighted by Crippen LogP contribution is 2.01. The Balaban J connectivity index is 4.11. The Hall–Kier alpha value is -1.47. The molecule has 0 aromatic carbocycles. The topological polar surface area (TPSA) is 132 Å². The van der Waals surface area contributed by atoms with Gasteiger partial charge in [-0.3, -0.25) is 9.59 Å². The van der Waals surface area contributed by atoms with Gasteiger partial charge < -0.3 is 20.4 Å². The molecule has 0 aromatic heterocycles. The summed E-state index contributed by atoms with van der Waals surface area (Å²) in [7, 11) is 0. The Morgan fingerprint density at radius 2 is 1.43 bits per heavy atom. The molecule has 0 aliphatic carbocycles. The molecule has 0 saturated carbocycles. The van der Waals surface area contributed by atoms with E-state index < -0.39 is 42.8 Å². The highest BCUT2D eigenvalue weighted by molar-refractivity contribution is 5.90. The Morgan fingerprint density at radius 3 is 1.79 bits per heavy atom. The first-order valence-electron chi connectivity index (χ1n) is 3.69. The molecule has 0 aromatic rings. The third-order valence-corrected chi connectivity index (χ3v) is 1.47. The molecule has 2 atom stereocenters. The maximum atomic E-state index is 10.9. The second kappa shape index (κ2) is 5.30. The van der Waals surface area contributed by atoms with Gasteiger partial charge in [0.2, 0.25) is 0 Å². The lowest BCUT2D eigenvalue weighted by molar-refractivity contribution is -0.157. The number of rotatable bonds is 6. The monoisotopic (exact) mass is 206 g/mol. The predicted octanol–water partition coefficient (Wildman–Crippen LogP) is -1.77. The standard InChI is InChI=1S/C7H10O7/c8-3(1-2-4(9)10)5(11)6(12)7(13)14/h5-6,11-12H,1-2H2,(H,9,10)(H,13,14). The van der Waals surface area contributed by atoms with E-state index in [1.807, 2.05) is 0 Å². The van der Waals surface area contributed by atoms with E-state index in [2.05, 4.69) is 0 Å². The smallest absolute Gasteiger partial charge is 0.335 e. The van der Waals surface area contributed by atoms with E-state index in [1.165, 1.54) is 0 Å². The number of Topliss-reactive ketones (excluding diaryl/α,β-unsaturated/α-hetero) is 1. The van der Waals surface area contributed by atoms with Gasteiger partial charge in [-0.2, -0.15) is 0 Å². The van der Waals surface area contributed by atoms with Crippen LogP contribution in [0.1, 0.15) is 12.8 Å². The lowest BCUT2D eigenvalue weighted by Gasteiger charge is -2.11. The van der Waals surface area contributed by atoms with Crippen molar-refractivity contribution in [3.63, 3.8) is 0 Å². The van der Waals surface area contributed by atoms with Gasteiger partial charge in [-0.05, 0) is 0 Å². The van der Waals surface area contributed by atoms with E-state index in [-0.39, 0.29) is 0 Å². The third kappa shape index (κ3) is 3.97. The third-order valence-electron chi connectivity index (χ3n) is 1.47. The van der Waals surface area contributed by atoms with Crippen molar-refractivity contribution >= 4 is 17.7 Å². The minimum absolute atomic E-state index is 0.512. The molecule has 0 radical (unpaired) electrons. The summed E-state index contributed by atoms with van der Waals surface area (Å²) in [6, 6.07) is 0. The van der Waals surface area contributed by atoms with Crippen molar-refractivity contribution in [3.8, 4) is 0 Å². The molecule has 14 heavy (non-hydrogen) atoms. The van der Waals surface area contributed by atoms with Crippen LogP contribution in [0.5, 0.6) is 0 Å². The molecule has 0 saturated heterocycles. The Morgan fingerprint density at radius 1 is 0.929 bits per heavy atom. The number of carbonyl (C=O) groups is 3. The van der Waals surface area contributed by atoms with Gasteiger partial charge in [0.05, 0.1) is 6.42 Å². The fourth-order valence-electron chi connectivity index (χ4n) is 0.689. The zero-order valence-electron chi connectivity index (χ0n) is 7.08. The molecule has 0 fully saturated rings. The second-order valence-electron chi connectivity index (χ2n) is 2.59. The van der Waals surface area contributed by atoms with Gasteiger partial charge in [0, 0.05) is 6.42 Å². The van der Waals surface area contributed by atoms with E-state index >= 15 is 0 Å². The van der Waals surface area contributed by atoms with Gasteiger partial charge in [0.1, 0.15) is 6.10 Å². The number of carboxylic acid groups (broad SMARTS) is 2. The van der Waals surface area contributed by atoms with E-state index in [1.54, 1.807) is 0 Å². The van der Waals surface area contributed by atoms with Gasteiger partial charge in [-0.1, -0.05) is 0 Å². The van der Waals surface area contributed by atoms with Crippen LogP contribution < -0.4 is 0 Å². The van der Waals surface area contributed by atoms with Crippen molar-refractivity contribution < 1.29 is 34.8 Å². The lowest BCUT2D eigenvalue weighted by Crippen LogP contribution is -2.39. The van der Waals surface area contributed by atoms with Crippen molar-refractivity contribution in [1.29, 1.82) is 0 Å². The summed E-state index contributed by atoms with van der Waals surface area (Å²) in [5.41, 5.74) is 0. The minimum atomic E-state index is -2.21. The fraction of sp³-hybridized carbons (Fsp3) is 0.571. The van der Waals surface area contributed by atoms with Crippen molar-refractivity contribution in [1.82, 2.24) is 0 Å². The van der Waals surface area contributed by atoms with Crippen LogP contribution in [0.15, 0.2) is 0 Å². The number of ketones is 1. The molecule has 0 heterocycles. The first-order chi connectivity index (χ1) is 6.36. The number of carbonyl (C=O) groups excluding carboxylic acids is 1. The van der Waals surface area contributed by atoms with Gasteiger partial charge in [0.15, 0.2) is 11.9 Å². The number of hydrogen-bond donors (Lipinski definition) is 4. The van der Waals surface area contributed by atoms with Crippen LogP contribution in [0.2, 0.25) is 0 Å². The van der Waals surface area contributed by atoms with Crippen LogP contribution in [-0.4, -0.2) is 50.4 Å². The largest absolute Gasteiger partial charge is 0.481 e. The molecule has 7 nitrogen and oxygen atoms in total. The Kier molecular flexibility index (Phi) is 4.74. The molecular formula is C7H10O7. The van der Waals surface area contributed by atoms with Gasteiger partial charge in [0.25, 0.3) is 0 Å². The van der Waals surface area contributed by atoms with Gasteiger partial charge in [-0.15, -0.1) is 0 Å². The van der Waals surface area contributed by atoms with Crippen LogP contribution in [-0.2, 0) is 14.4 Å². The molecule has 7 heteroatoms. The van der Waals surface area contributed by atoms with E-state index in [4.69, 9.17) is 20.4 Å². The maximum absolute atomic E-state index is 10.9. The molecule has 0 rings (SSSR count). The summed E-state index contributed by atoms with van der Waals surface area (Å²) >= 11 is 0. The number of aliphatic carboxylic acids is 2. The zero-order valence-corrected chi connectivity index (χ0v) is 7.08. The van der Waals surface area contributed by atoms with Crippen molar-refractivity contribution in [3.05, 3.63) is 0 Å².